The van der Waals surface area contributed by atoms with Crippen molar-refractivity contribution in [3.8, 4) is 5.75 Å². The van der Waals surface area contributed by atoms with Crippen molar-refractivity contribution in [1.29, 1.82) is 0 Å². The number of hydrogen-bond donors (Lipinski definition) is 0. The predicted octanol–water partition coefficient (Wildman–Crippen LogP) is 4.50. The fraction of sp³-hybridized carbons (Fsp3) is 0.235. The molecular formula is C17H17BrO2. The van der Waals surface area contributed by atoms with Crippen LogP contribution in [-0.4, -0.2) is 12.9 Å². The molecule has 0 unspecified atom stereocenters. The van der Waals surface area contributed by atoms with Gasteiger partial charge in [0.05, 0.1) is 7.11 Å². The molecule has 0 heterocycles. The summed E-state index contributed by atoms with van der Waals surface area (Å²) < 4.78 is 5.91. The molecule has 0 aromatic heterocycles. The molecule has 0 N–H and O–H groups in total. The van der Waals surface area contributed by atoms with Crippen LogP contribution in [0.15, 0.2) is 40.9 Å². The standard InChI is InChI=1S/C17H17BrO2/c1-11-4-5-12(2)13(8-11)9-17(19)15-7-6-14(20-3)10-16(15)18/h4-8,10H,9H2,1-3H3. The molecule has 0 aliphatic carbocycles. The molecule has 3 heteroatoms. The summed E-state index contributed by atoms with van der Waals surface area (Å²) in [6, 6.07) is 11.6. The number of methoxy groups -OCH3 is 1. The summed E-state index contributed by atoms with van der Waals surface area (Å²) in [6.07, 6.45) is 0.415. The molecule has 0 aliphatic heterocycles. The van der Waals surface area contributed by atoms with Crippen LogP contribution in [0.4, 0.5) is 0 Å². The van der Waals surface area contributed by atoms with Crippen molar-refractivity contribution in [2.45, 2.75) is 20.3 Å². The normalized spacial score (nSPS) is 10.4. The zero-order valence-corrected chi connectivity index (χ0v) is 13.5. The van der Waals surface area contributed by atoms with Crippen LogP contribution in [0.1, 0.15) is 27.0 Å². The Morgan fingerprint density at radius 3 is 2.55 bits per heavy atom. The number of carbonyl (C=O) groups is 1. The van der Waals surface area contributed by atoms with E-state index in [-0.39, 0.29) is 5.78 Å². The minimum absolute atomic E-state index is 0.105. The maximum absolute atomic E-state index is 12.4. The highest BCUT2D eigenvalue weighted by molar-refractivity contribution is 9.10. The average molecular weight is 333 g/mol. The van der Waals surface area contributed by atoms with Gasteiger partial charge >= 0.3 is 0 Å². The zero-order chi connectivity index (χ0) is 14.7. The van der Waals surface area contributed by atoms with Gasteiger partial charge in [-0.25, -0.2) is 0 Å². The SMILES string of the molecule is COc1ccc(C(=O)Cc2cc(C)ccc2C)c(Br)c1. The van der Waals surface area contributed by atoms with Crippen LogP contribution >= 0.6 is 15.9 Å². The monoisotopic (exact) mass is 332 g/mol. The molecule has 0 saturated heterocycles. The molecule has 2 aromatic carbocycles. The van der Waals surface area contributed by atoms with Crippen LogP contribution in [-0.2, 0) is 6.42 Å². The van der Waals surface area contributed by atoms with Gasteiger partial charge in [0, 0.05) is 16.5 Å². The lowest BCUT2D eigenvalue weighted by Gasteiger charge is -2.09. The molecule has 0 amide bonds. The van der Waals surface area contributed by atoms with Gasteiger partial charge in [-0.15, -0.1) is 0 Å². The summed E-state index contributed by atoms with van der Waals surface area (Å²) in [7, 11) is 1.61. The molecule has 104 valence electrons. The molecule has 0 aliphatic rings. The number of halogens is 1. The van der Waals surface area contributed by atoms with E-state index in [0.717, 1.165) is 21.3 Å². The number of carbonyl (C=O) groups excluding carboxylic acids is 1. The Labute approximate surface area is 127 Å². The van der Waals surface area contributed by atoms with Gasteiger partial charge in [0.1, 0.15) is 5.75 Å². The Bertz CT molecular complexity index is 647. The minimum atomic E-state index is 0.105. The second-order valence-corrected chi connectivity index (χ2v) is 5.73. The van der Waals surface area contributed by atoms with Gasteiger partial charge in [-0.1, -0.05) is 23.8 Å². The number of rotatable bonds is 4. The zero-order valence-electron chi connectivity index (χ0n) is 11.9. The number of hydrogen-bond acceptors (Lipinski definition) is 2. The van der Waals surface area contributed by atoms with Crippen molar-refractivity contribution in [3.63, 3.8) is 0 Å². The highest BCUT2D eigenvalue weighted by atomic mass is 79.9. The third-order valence-electron chi connectivity index (χ3n) is 3.33. The van der Waals surface area contributed by atoms with Gasteiger partial charge in [0.25, 0.3) is 0 Å². The van der Waals surface area contributed by atoms with Crippen molar-refractivity contribution < 1.29 is 9.53 Å². The summed E-state index contributed by atoms with van der Waals surface area (Å²) in [4.78, 5) is 12.4. The second kappa shape index (κ2) is 6.23. The molecule has 0 spiro atoms. The maximum atomic E-state index is 12.4. The van der Waals surface area contributed by atoms with Gasteiger partial charge in [-0.05, 0) is 59.1 Å². The first-order valence-electron chi connectivity index (χ1n) is 6.44. The Morgan fingerprint density at radius 1 is 1.15 bits per heavy atom. The first-order valence-corrected chi connectivity index (χ1v) is 7.23. The van der Waals surface area contributed by atoms with Crippen molar-refractivity contribution in [1.82, 2.24) is 0 Å². The van der Waals surface area contributed by atoms with Crippen molar-refractivity contribution >= 4 is 21.7 Å². The molecule has 2 aromatic rings. The molecular weight excluding hydrogens is 316 g/mol. The van der Waals surface area contributed by atoms with Gasteiger partial charge in [0.15, 0.2) is 5.78 Å². The van der Waals surface area contributed by atoms with Crippen molar-refractivity contribution in [2.75, 3.05) is 7.11 Å². The van der Waals surface area contributed by atoms with Crippen molar-refractivity contribution in [3.05, 3.63) is 63.1 Å². The molecule has 0 atom stereocenters. The van der Waals surface area contributed by atoms with Crippen LogP contribution in [0, 0.1) is 13.8 Å². The van der Waals surface area contributed by atoms with Crippen LogP contribution in [0.3, 0.4) is 0 Å². The largest absolute Gasteiger partial charge is 0.497 e. The second-order valence-electron chi connectivity index (χ2n) is 4.88. The molecule has 0 radical (unpaired) electrons. The van der Waals surface area contributed by atoms with E-state index in [0.29, 0.717) is 12.0 Å². The van der Waals surface area contributed by atoms with E-state index < -0.39 is 0 Å². The Kier molecular flexibility index (Phi) is 4.61. The topological polar surface area (TPSA) is 26.3 Å². The smallest absolute Gasteiger partial charge is 0.168 e. The number of benzene rings is 2. The highest BCUT2D eigenvalue weighted by Gasteiger charge is 2.13. The minimum Gasteiger partial charge on any atom is -0.497 e. The third-order valence-corrected chi connectivity index (χ3v) is 3.99. The Balaban J connectivity index is 2.26. The van der Waals surface area contributed by atoms with E-state index in [1.54, 1.807) is 19.2 Å². The van der Waals surface area contributed by atoms with Crippen molar-refractivity contribution in [2.24, 2.45) is 0 Å². The number of aryl methyl sites for hydroxylation is 2. The lowest BCUT2D eigenvalue weighted by molar-refractivity contribution is 0.0992. The quantitative estimate of drug-likeness (QED) is 0.770. The lowest BCUT2D eigenvalue weighted by atomic mass is 9.98. The first-order chi connectivity index (χ1) is 9.51. The lowest BCUT2D eigenvalue weighted by Crippen LogP contribution is -2.06. The van der Waals surface area contributed by atoms with Gasteiger partial charge < -0.3 is 4.74 Å². The van der Waals surface area contributed by atoms with Gasteiger partial charge in [0.2, 0.25) is 0 Å². The first kappa shape index (κ1) is 14.8. The molecule has 0 bridgehead atoms. The van der Waals surface area contributed by atoms with Gasteiger partial charge in [-0.2, -0.15) is 0 Å². The Hall–Kier alpha value is -1.61. The Morgan fingerprint density at radius 2 is 1.90 bits per heavy atom. The van der Waals surface area contributed by atoms with E-state index >= 15 is 0 Å². The van der Waals surface area contributed by atoms with E-state index in [9.17, 15) is 4.79 Å². The summed E-state index contributed by atoms with van der Waals surface area (Å²) in [5.74, 6) is 0.841. The fourth-order valence-electron chi connectivity index (χ4n) is 2.11. The molecule has 0 saturated carbocycles. The summed E-state index contributed by atoms with van der Waals surface area (Å²) in [5, 5.41) is 0. The average Bonchev–Trinajstić information content (AvgIpc) is 2.42. The molecule has 0 fully saturated rings. The molecule has 2 rings (SSSR count). The summed E-state index contributed by atoms with van der Waals surface area (Å²) in [5.41, 5.74) is 4.09. The fourth-order valence-corrected chi connectivity index (χ4v) is 2.69. The van der Waals surface area contributed by atoms with E-state index in [1.165, 1.54) is 5.56 Å². The summed E-state index contributed by atoms with van der Waals surface area (Å²) in [6.45, 7) is 4.07. The highest BCUT2D eigenvalue weighted by Crippen LogP contribution is 2.24. The number of ketones is 1. The van der Waals surface area contributed by atoms with Crippen LogP contribution in [0.5, 0.6) is 5.75 Å². The van der Waals surface area contributed by atoms with Gasteiger partial charge in [-0.3, -0.25) is 4.79 Å². The third kappa shape index (κ3) is 3.28. The number of Topliss-reactive ketones (excluding diaryl/α,β-unsaturated/α-hetero) is 1. The summed E-state index contributed by atoms with van der Waals surface area (Å²) >= 11 is 3.43. The molecule has 2 nitrogen and oxygen atoms in total. The van der Waals surface area contributed by atoms with Crippen LogP contribution in [0.2, 0.25) is 0 Å². The number of ether oxygens (including phenoxy) is 1. The molecule has 20 heavy (non-hydrogen) atoms. The van der Waals surface area contributed by atoms with Crippen LogP contribution < -0.4 is 4.74 Å². The van der Waals surface area contributed by atoms with E-state index in [4.69, 9.17) is 4.74 Å². The van der Waals surface area contributed by atoms with E-state index in [2.05, 4.69) is 34.1 Å². The van der Waals surface area contributed by atoms with E-state index in [1.807, 2.05) is 19.9 Å². The predicted molar refractivity (Wildman–Crippen MR) is 84.6 cm³/mol. The van der Waals surface area contributed by atoms with Crippen LogP contribution in [0.25, 0.3) is 0 Å². The maximum Gasteiger partial charge on any atom is 0.168 e.